The van der Waals surface area contributed by atoms with E-state index in [1.807, 2.05) is 12.1 Å². The van der Waals surface area contributed by atoms with Gasteiger partial charge in [-0.3, -0.25) is 9.59 Å². The Morgan fingerprint density at radius 1 is 1.11 bits per heavy atom. The number of ketones is 1. The van der Waals surface area contributed by atoms with Gasteiger partial charge >= 0.3 is 0 Å². The van der Waals surface area contributed by atoms with Gasteiger partial charge < -0.3 is 4.90 Å². The fourth-order valence-corrected chi connectivity index (χ4v) is 1.82. The topological polar surface area (TPSA) is 37.4 Å². The van der Waals surface area contributed by atoms with Gasteiger partial charge in [0.2, 0.25) is 5.91 Å². The summed E-state index contributed by atoms with van der Waals surface area (Å²) in [5.74, 6) is -0.229. The molecule has 0 fully saturated rings. The van der Waals surface area contributed by atoms with Gasteiger partial charge in [0.15, 0.2) is 0 Å². The van der Waals surface area contributed by atoms with Crippen molar-refractivity contribution in [2.75, 3.05) is 7.05 Å². The maximum Gasteiger partial charge on any atom is 0.230 e. The number of hydrogen-bond acceptors (Lipinski definition) is 2. The molecule has 0 aromatic heterocycles. The number of benzene rings is 1. The average molecular weight is 261 g/mol. The lowest BCUT2D eigenvalue weighted by Crippen LogP contribution is -2.27. The zero-order valence-electron chi connectivity index (χ0n) is 12.5. The molecule has 0 aliphatic heterocycles. The van der Waals surface area contributed by atoms with Crippen LogP contribution in [0.5, 0.6) is 0 Å². The van der Waals surface area contributed by atoms with Gasteiger partial charge in [-0.15, -0.1) is 0 Å². The fraction of sp³-hybridized carbons (Fsp3) is 0.500. The molecule has 0 spiro atoms. The highest BCUT2D eigenvalue weighted by atomic mass is 16.2. The minimum atomic E-state index is -0.132. The maximum absolute atomic E-state index is 11.7. The summed E-state index contributed by atoms with van der Waals surface area (Å²) in [7, 11) is 1.73. The molecule has 0 heterocycles. The van der Waals surface area contributed by atoms with Crippen LogP contribution in [0.15, 0.2) is 24.3 Å². The molecule has 0 radical (unpaired) electrons. The Morgan fingerprint density at radius 3 is 2.05 bits per heavy atom. The highest BCUT2D eigenvalue weighted by molar-refractivity contribution is 5.96. The second-order valence-electron chi connectivity index (χ2n) is 6.08. The van der Waals surface area contributed by atoms with Crippen molar-refractivity contribution in [1.82, 2.24) is 4.90 Å². The van der Waals surface area contributed by atoms with Gasteiger partial charge in [0, 0.05) is 13.6 Å². The van der Waals surface area contributed by atoms with Crippen LogP contribution in [0.1, 0.15) is 45.2 Å². The van der Waals surface area contributed by atoms with Crippen molar-refractivity contribution in [2.24, 2.45) is 0 Å². The Bertz CT molecular complexity index is 455. The van der Waals surface area contributed by atoms with E-state index >= 15 is 0 Å². The minimum Gasteiger partial charge on any atom is -0.341 e. The summed E-state index contributed by atoms with van der Waals surface area (Å²) in [6.07, 6.45) is -0.0173. The number of amides is 1. The largest absolute Gasteiger partial charge is 0.341 e. The van der Waals surface area contributed by atoms with E-state index in [9.17, 15) is 9.59 Å². The van der Waals surface area contributed by atoms with Crippen molar-refractivity contribution in [1.29, 1.82) is 0 Å². The van der Waals surface area contributed by atoms with Crippen molar-refractivity contribution in [3.63, 3.8) is 0 Å². The third-order valence-corrected chi connectivity index (χ3v) is 3.07. The van der Waals surface area contributed by atoms with Crippen LogP contribution >= 0.6 is 0 Å². The molecule has 0 aliphatic carbocycles. The number of Topliss-reactive ketones (excluding diaryl/α,β-unsaturated/α-hetero) is 1. The van der Waals surface area contributed by atoms with Crippen molar-refractivity contribution >= 4 is 11.7 Å². The number of carbonyl (C=O) groups is 2. The predicted molar refractivity (Wildman–Crippen MR) is 76.9 cm³/mol. The third-order valence-electron chi connectivity index (χ3n) is 3.07. The summed E-state index contributed by atoms with van der Waals surface area (Å²) in [6.45, 7) is 8.49. The lowest BCUT2D eigenvalue weighted by molar-refractivity contribution is -0.134. The van der Waals surface area contributed by atoms with E-state index in [4.69, 9.17) is 0 Å². The van der Waals surface area contributed by atoms with Crippen LogP contribution in [0.4, 0.5) is 0 Å². The van der Waals surface area contributed by atoms with Gasteiger partial charge in [-0.05, 0) is 23.5 Å². The molecule has 1 aromatic carbocycles. The van der Waals surface area contributed by atoms with E-state index in [0.29, 0.717) is 6.54 Å². The van der Waals surface area contributed by atoms with Gasteiger partial charge in [0.05, 0.1) is 6.42 Å². The molecule has 0 aliphatic rings. The summed E-state index contributed by atoms with van der Waals surface area (Å²) in [4.78, 5) is 24.2. The van der Waals surface area contributed by atoms with Gasteiger partial charge in [0.25, 0.3) is 0 Å². The first-order chi connectivity index (χ1) is 8.70. The quantitative estimate of drug-likeness (QED) is 0.781. The average Bonchev–Trinajstić information content (AvgIpc) is 2.27. The fourth-order valence-electron chi connectivity index (χ4n) is 1.82. The standard InChI is InChI=1S/C16H23NO2/c1-12(18)10-15(19)17(5)11-13-6-8-14(9-7-13)16(2,3)4/h6-9H,10-11H2,1-5H3. The molecule has 3 heteroatoms. The van der Waals surface area contributed by atoms with Crippen molar-refractivity contribution in [3.8, 4) is 0 Å². The molecule has 0 N–H and O–H groups in total. The van der Waals surface area contributed by atoms with Crippen molar-refractivity contribution < 1.29 is 9.59 Å². The van der Waals surface area contributed by atoms with Crippen molar-refractivity contribution in [2.45, 2.75) is 46.1 Å². The SMILES string of the molecule is CC(=O)CC(=O)N(C)Cc1ccc(C(C)(C)C)cc1. The molecule has 19 heavy (non-hydrogen) atoms. The molecule has 0 saturated carbocycles. The predicted octanol–water partition coefficient (Wildman–Crippen LogP) is 2.92. The van der Waals surface area contributed by atoms with E-state index in [1.54, 1.807) is 11.9 Å². The van der Waals surface area contributed by atoms with E-state index in [1.165, 1.54) is 12.5 Å². The van der Waals surface area contributed by atoms with Gasteiger partial charge in [-0.1, -0.05) is 45.0 Å². The smallest absolute Gasteiger partial charge is 0.230 e. The maximum atomic E-state index is 11.7. The first-order valence-electron chi connectivity index (χ1n) is 6.53. The lowest BCUT2D eigenvalue weighted by atomic mass is 9.87. The molecule has 1 aromatic rings. The first-order valence-corrected chi connectivity index (χ1v) is 6.53. The molecular weight excluding hydrogens is 238 g/mol. The van der Waals surface area contributed by atoms with Crippen LogP contribution in [0, 0.1) is 0 Å². The summed E-state index contributed by atoms with van der Waals surface area (Å²) in [5.41, 5.74) is 2.48. The monoisotopic (exact) mass is 261 g/mol. The molecule has 0 unspecified atom stereocenters. The van der Waals surface area contributed by atoms with Crippen LogP contribution < -0.4 is 0 Å². The third kappa shape index (κ3) is 4.86. The Kier molecular flexibility index (Phi) is 4.87. The van der Waals surface area contributed by atoms with E-state index in [-0.39, 0.29) is 23.5 Å². The Morgan fingerprint density at radius 2 is 1.63 bits per heavy atom. The van der Waals surface area contributed by atoms with Crippen LogP contribution in [0.2, 0.25) is 0 Å². The second-order valence-corrected chi connectivity index (χ2v) is 6.08. The van der Waals surface area contributed by atoms with Gasteiger partial charge in [-0.25, -0.2) is 0 Å². The highest BCUT2D eigenvalue weighted by Crippen LogP contribution is 2.22. The molecule has 104 valence electrons. The summed E-state index contributed by atoms with van der Waals surface area (Å²) >= 11 is 0. The molecule has 3 nitrogen and oxygen atoms in total. The van der Waals surface area contributed by atoms with Crippen LogP contribution in [0.3, 0.4) is 0 Å². The minimum absolute atomic E-state index is 0.0173. The Labute approximate surface area is 115 Å². The summed E-state index contributed by atoms with van der Waals surface area (Å²) in [6, 6.07) is 8.27. The summed E-state index contributed by atoms with van der Waals surface area (Å²) in [5, 5.41) is 0. The van der Waals surface area contributed by atoms with Crippen LogP contribution in [-0.4, -0.2) is 23.6 Å². The molecule has 0 bridgehead atoms. The van der Waals surface area contributed by atoms with E-state index < -0.39 is 0 Å². The molecule has 1 rings (SSSR count). The Balaban J connectivity index is 2.68. The van der Waals surface area contributed by atoms with Crippen molar-refractivity contribution in [3.05, 3.63) is 35.4 Å². The molecular formula is C16H23NO2. The lowest BCUT2D eigenvalue weighted by Gasteiger charge is -2.20. The zero-order chi connectivity index (χ0) is 14.6. The van der Waals surface area contributed by atoms with Crippen LogP contribution in [0.25, 0.3) is 0 Å². The van der Waals surface area contributed by atoms with Gasteiger partial charge in [0.1, 0.15) is 5.78 Å². The molecule has 1 amide bonds. The van der Waals surface area contributed by atoms with E-state index in [2.05, 4.69) is 32.9 Å². The number of carbonyl (C=O) groups excluding carboxylic acids is 2. The van der Waals surface area contributed by atoms with Gasteiger partial charge in [-0.2, -0.15) is 0 Å². The number of rotatable bonds is 4. The second kappa shape index (κ2) is 6.00. The number of nitrogens with zero attached hydrogens (tertiary/aromatic N) is 1. The normalized spacial score (nSPS) is 11.2. The first kappa shape index (κ1) is 15.4. The Hall–Kier alpha value is -1.64. The highest BCUT2D eigenvalue weighted by Gasteiger charge is 2.14. The molecule has 0 atom stereocenters. The zero-order valence-corrected chi connectivity index (χ0v) is 12.5. The number of hydrogen-bond donors (Lipinski definition) is 0. The summed E-state index contributed by atoms with van der Waals surface area (Å²) < 4.78 is 0. The van der Waals surface area contributed by atoms with E-state index in [0.717, 1.165) is 5.56 Å². The van der Waals surface area contributed by atoms with Crippen LogP contribution in [-0.2, 0) is 21.5 Å². The molecule has 0 saturated heterocycles.